The molecule has 8 heteroatoms. The highest BCUT2D eigenvalue weighted by molar-refractivity contribution is 9.10. The van der Waals surface area contributed by atoms with Crippen molar-refractivity contribution in [3.05, 3.63) is 44.9 Å². The van der Waals surface area contributed by atoms with Gasteiger partial charge in [0.15, 0.2) is 0 Å². The minimum atomic E-state index is -0.658. The highest BCUT2D eigenvalue weighted by Gasteiger charge is 2.41. The van der Waals surface area contributed by atoms with E-state index in [2.05, 4.69) is 27.3 Å². The number of nitrogens with zero attached hydrogens (tertiary/aromatic N) is 2. The summed E-state index contributed by atoms with van der Waals surface area (Å²) in [6.07, 6.45) is 0. The molecule has 2 unspecified atom stereocenters. The first-order valence-electron chi connectivity index (χ1n) is 6.69. The highest BCUT2D eigenvalue weighted by atomic mass is 79.9. The Morgan fingerprint density at radius 2 is 1.96 bits per heavy atom. The molecule has 0 saturated carbocycles. The fraction of sp³-hybridized carbons (Fsp3) is 0.267. The lowest BCUT2D eigenvalue weighted by Crippen LogP contribution is -2.43. The monoisotopic (exact) mass is 394 g/mol. The fourth-order valence-corrected chi connectivity index (χ4v) is 3.64. The number of carbonyl (C=O) groups is 2. The molecule has 0 fully saturated rings. The zero-order chi connectivity index (χ0) is 17.1. The Morgan fingerprint density at radius 3 is 2.48 bits per heavy atom. The molecule has 0 saturated heterocycles. The van der Waals surface area contributed by atoms with Crippen molar-refractivity contribution in [3.63, 3.8) is 0 Å². The average Bonchev–Trinajstić information content (AvgIpc) is 2.84. The Morgan fingerprint density at radius 1 is 1.35 bits per heavy atom. The molecule has 0 radical (unpaired) electrons. The molecule has 0 aromatic heterocycles. The Labute approximate surface area is 146 Å². The maximum absolute atomic E-state index is 12.4. The number of nitrogens with one attached hydrogen (secondary N) is 1. The lowest BCUT2D eigenvalue weighted by molar-refractivity contribution is -0.119. The standard InChI is InChI=1S/C15H15BrN4O2S/c1-20(2)15(22)19-14(21)12-11(10(7-17)13(18)23-12)8-3-5-9(16)6-4-8/h3-6,11-12H,18H2,1-2H3,(H,19,21,22). The molecule has 2 atom stereocenters. The van der Waals surface area contributed by atoms with Crippen molar-refractivity contribution in [2.75, 3.05) is 14.1 Å². The van der Waals surface area contributed by atoms with Crippen LogP contribution in [0.15, 0.2) is 39.3 Å². The molecular formula is C15H15BrN4O2S. The van der Waals surface area contributed by atoms with Crippen molar-refractivity contribution in [2.45, 2.75) is 11.2 Å². The van der Waals surface area contributed by atoms with Crippen LogP contribution >= 0.6 is 27.7 Å². The van der Waals surface area contributed by atoms with Gasteiger partial charge in [-0.2, -0.15) is 5.26 Å². The Hall–Kier alpha value is -1.98. The molecule has 1 aliphatic heterocycles. The first-order chi connectivity index (χ1) is 10.8. The van der Waals surface area contributed by atoms with Gasteiger partial charge in [0.1, 0.15) is 5.25 Å². The van der Waals surface area contributed by atoms with Crippen molar-refractivity contribution >= 4 is 39.6 Å². The summed E-state index contributed by atoms with van der Waals surface area (Å²) < 4.78 is 0.895. The van der Waals surface area contributed by atoms with Crippen LogP contribution in [-0.2, 0) is 4.79 Å². The summed E-state index contributed by atoms with van der Waals surface area (Å²) in [6.45, 7) is 0. The quantitative estimate of drug-likeness (QED) is 0.800. The Bertz CT molecular complexity index is 709. The summed E-state index contributed by atoms with van der Waals surface area (Å²) in [5.74, 6) is -0.942. The summed E-state index contributed by atoms with van der Waals surface area (Å²) >= 11 is 4.46. The van der Waals surface area contributed by atoms with Gasteiger partial charge in [-0.15, -0.1) is 0 Å². The van der Waals surface area contributed by atoms with Gasteiger partial charge in [-0.3, -0.25) is 10.1 Å². The van der Waals surface area contributed by atoms with Crippen LogP contribution in [0.5, 0.6) is 0 Å². The first kappa shape index (κ1) is 17.4. The normalized spacial score (nSPS) is 20.1. The first-order valence-corrected chi connectivity index (χ1v) is 8.36. The summed E-state index contributed by atoms with van der Waals surface area (Å²) in [5, 5.41) is 11.4. The summed E-state index contributed by atoms with van der Waals surface area (Å²) in [4.78, 5) is 25.4. The van der Waals surface area contributed by atoms with E-state index >= 15 is 0 Å². The topological polar surface area (TPSA) is 99.2 Å². The van der Waals surface area contributed by atoms with E-state index < -0.39 is 23.1 Å². The summed E-state index contributed by atoms with van der Waals surface area (Å²) in [5.41, 5.74) is 7.06. The van der Waals surface area contributed by atoms with Crippen molar-refractivity contribution in [3.8, 4) is 6.07 Å². The number of urea groups is 1. The van der Waals surface area contributed by atoms with E-state index in [9.17, 15) is 14.9 Å². The van der Waals surface area contributed by atoms with Gasteiger partial charge in [0.05, 0.1) is 16.7 Å². The number of benzene rings is 1. The predicted octanol–water partition coefficient (Wildman–Crippen LogP) is 2.14. The van der Waals surface area contributed by atoms with E-state index in [0.29, 0.717) is 10.6 Å². The third-order valence-electron chi connectivity index (χ3n) is 3.38. The molecule has 3 amide bonds. The van der Waals surface area contributed by atoms with Crippen molar-refractivity contribution in [1.82, 2.24) is 10.2 Å². The molecule has 0 spiro atoms. The van der Waals surface area contributed by atoms with Crippen molar-refractivity contribution in [2.24, 2.45) is 5.73 Å². The minimum Gasteiger partial charge on any atom is -0.393 e. The number of nitrogens with two attached hydrogens (primary N) is 1. The SMILES string of the molecule is CN(C)C(=O)NC(=O)C1SC(N)=C(C#N)C1c1ccc(Br)cc1. The smallest absolute Gasteiger partial charge is 0.323 e. The van der Waals surface area contributed by atoms with Gasteiger partial charge in [0, 0.05) is 24.5 Å². The van der Waals surface area contributed by atoms with E-state index in [1.54, 1.807) is 14.1 Å². The summed E-state index contributed by atoms with van der Waals surface area (Å²) in [7, 11) is 3.09. The minimum absolute atomic E-state index is 0.317. The van der Waals surface area contributed by atoms with Gasteiger partial charge in [-0.1, -0.05) is 39.8 Å². The van der Waals surface area contributed by atoms with Crippen LogP contribution in [0.2, 0.25) is 0 Å². The van der Waals surface area contributed by atoms with E-state index in [1.807, 2.05) is 24.3 Å². The second-order valence-corrected chi connectivity index (χ2v) is 7.25. The molecule has 120 valence electrons. The number of carbonyl (C=O) groups excluding carboxylic acids is 2. The maximum Gasteiger partial charge on any atom is 0.323 e. The van der Waals surface area contributed by atoms with Crippen LogP contribution in [0.3, 0.4) is 0 Å². The molecule has 1 heterocycles. The number of thioether (sulfide) groups is 1. The fourth-order valence-electron chi connectivity index (χ4n) is 2.20. The number of hydrogen-bond acceptors (Lipinski definition) is 5. The Balaban J connectivity index is 2.33. The lowest BCUT2D eigenvalue weighted by Gasteiger charge is -2.20. The predicted molar refractivity (Wildman–Crippen MR) is 92.3 cm³/mol. The van der Waals surface area contributed by atoms with Crippen molar-refractivity contribution < 1.29 is 9.59 Å². The number of imide groups is 1. The van der Waals surface area contributed by atoms with E-state index in [1.165, 1.54) is 4.90 Å². The molecule has 2 rings (SSSR count). The molecule has 1 aromatic carbocycles. The van der Waals surface area contributed by atoms with Gasteiger partial charge in [0.2, 0.25) is 5.91 Å². The molecule has 23 heavy (non-hydrogen) atoms. The Kier molecular flexibility index (Phi) is 5.34. The van der Waals surface area contributed by atoms with Gasteiger partial charge in [0.25, 0.3) is 0 Å². The largest absolute Gasteiger partial charge is 0.393 e. The van der Waals surface area contributed by atoms with Crippen LogP contribution in [0.1, 0.15) is 11.5 Å². The summed E-state index contributed by atoms with van der Waals surface area (Å²) in [6, 6.07) is 8.92. The van der Waals surface area contributed by atoms with E-state index in [0.717, 1.165) is 21.8 Å². The van der Waals surface area contributed by atoms with Gasteiger partial charge >= 0.3 is 6.03 Å². The van der Waals surface area contributed by atoms with Crippen LogP contribution < -0.4 is 11.1 Å². The highest BCUT2D eigenvalue weighted by Crippen LogP contribution is 2.45. The van der Waals surface area contributed by atoms with Gasteiger partial charge in [-0.25, -0.2) is 4.79 Å². The van der Waals surface area contributed by atoms with Gasteiger partial charge in [-0.05, 0) is 17.7 Å². The number of rotatable bonds is 2. The number of nitriles is 1. The maximum atomic E-state index is 12.4. The number of amides is 3. The molecule has 0 aliphatic carbocycles. The van der Waals surface area contributed by atoms with Gasteiger partial charge < -0.3 is 10.6 Å². The van der Waals surface area contributed by atoms with Crippen molar-refractivity contribution in [1.29, 1.82) is 5.26 Å². The second kappa shape index (κ2) is 7.06. The van der Waals surface area contributed by atoms with Crippen LogP contribution in [0, 0.1) is 11.3 Å². The lowest BCUT2D eigenvalue weighted by atomic mass is 9.89. The third kappa shape index (κ3) is 3.68. The zero-order valence-electron chi connectivity index (χ0n) is 12.5. The third-order valence-corrected chi connectivity index (χ3v) is 5.12. The van der Waals surface area contributed by atoms with Crippen LogP contribution in [-0.4, -0.2) is 36.2 Å². The molecule has 6 nitrogen and oxygen atoms in total. The van der Waals surface area contributed by atoms with Crippen LogP contribution in [0.25, 0.3) is 0 Å². The average molecular weight is 395 g/mol. The number of halogens is 1. The second-order valence-electron chi connectivity index (χ2n) is 5.15. The van der Waals surface area contributed by atoms with E-state index in [-0.39, 0.29) is 0 Å². The van der Waals surface area contributed by atoms with Crippen LogP contribution in [0.4, 0.5) is 4.79 Å². The molecule has 1 aliphatic rings. The molecule has 0 bridgehead atoms. The zero-order valence-corrected chi connectivity index (χ0v) is 14.9. The number of allylic oxidation sites excluding steroid dienone is 1. The molecular weight excluding hydrogens is 380 g/mol. The number of hydrogen-bond donors (Lipinski definition) is 2. The molecule has 3 N–H and O–H groups in total. The molecule has 1 aromatic rings. The van der Waals surface area contributed by atoms with E-state index in [4.69, 9.17) is 5.73 Å².